The maximum atomic E-state index is 13.0. The van der Waals surface area contributed by atoms with Crippen LogP contribution in [0.2, 0.25) is 0 Å². The van der Waals surface area contributed by atoms with Gasteiger partial charge in [0, 0.05) is 19.3 Å². The van der Waals surface area contributed by atoms with Crippen LogP contribution in [0.1, 0.15) is 290 Å². The number of aliphatic hydroxyl groups excluding tert-OH is 1. The van der Waals surface area contributed by atoms with Gasteiger partial charge in [0.25, 0.3) is 0 Å². The van der Waals surface area contributed by atoms with Gasteiger partial charge in [-0.15, -0.1) is 0 Å². The molecule has 0 radical (unpaired) electrons. The Labute approximate surface area is 490 Å². The minimum atomic E-state index is -4.77. The lowest BCUT2D eigenvalue weighted by atomic mass is 10.1. The third-order valence-corrected chi connectivity index (χ3v) is 14.7. The first kappa shape index (κ1) is 76.7. The van der Waals surface area contributed by atoms with Crippen molar-refractivity contribution in [2.24, 2.45) is 0 Å². The predicted octanol–water partition coefficient (Wildman–Crippen LogP) is 19.8. The molecule has 2 N–H and O–H groups in total. The maximum Gasteiger partial charge on any atom is 0.472 e. The van der Waals surface area contributed by atoms with Crippen molar-refractivity contribution in [3.63, 3.8) is 0 Å². The highest BCUT2D eigenvalue weighted by molar-refractivity contribution is 7.47. The van der Waals surface area contributed by atoms with Gasteiger partial charge in [-0.3, -0.25) is 23.4 Å². The quantitative estimate of drug-likeness (QED) is 0.0197. The first-order valence-electron chi connectivity index (χ1n) is 32.5. The van der Waals surface area contributed by atoms with Crippen LogP contribution in [-0.2, 0) is 42.2 Å². The highest BCUT2D eigenvalue weighted by atomic mass is 31.2. The Hall–Kier alpha value is -3.34. The first-order valence-corrected chi connectivity index (χ1v) is 34.0. The molecule has 0 aromatic carbocycles. The summed E-state index contributed by atoms with van der Waals surface area (Å²) in [6, 6.07) is 0. The molecule has 0 aliphatic heterocycles. The van der Waals surface area contributed by atoms with E-state index < -0.39 is 57.8 Å². The number of esters is 3. The van der Waals surface area contributed by atoms with E-state index >= 15 is 0 Å². The molecular formula is C68H119O11P. The SMILES string of the molecule is CC/C=C\C/C=C\C/C=C\C/C=C\CCCCC(=O)OCC(COP(=O)(O)OCC(CO)OC(=O)CCCCCCCCCCC/C=C\CCCCCCCC)OC(=O)CCCCCCCCCCC/C=C\C/C=C\CCCCC. The van der Waals surface area contributed by atoms with Crippen LogP contribution in [0.4, 0.5) is 0 Å². The van der Waals surface area contributed by atoms with E-state index in [2.05, 4.69) is 106 Å². The van der Waals surface area contributed by atoms with Gasteiger partial charge in [0.15, 0.2) is 6.10 Å². The van der Waals surface area contributed by atoms with E-state index in [1.165, 1.54) is 141 Å². The van der Waals surface area contributed by atoms with Crippen molar-refractivity contribution < 1.29 is 52.2 Å². The Morgan fingerprint density at radius 2 is 0.650 bits per heavy atom. The molecule has 462 valence electrons. The molecule has 0 fully saturated rings. The average Bonchev–Trinajstić information content (AvgIpc) is 3.45. The molecule has 0 saturated carbocycles. The van der Waals surface area contributed by atoms with Crippen molar-refractivity contribution in [1.29, 1.82) is 0 Å². The maximum absolute atomic E-state index is 13.0. The summed E-state index contributed by atoms with van der Waals surface area (Å²) in [5.41, 5.74) is 0. The van der Waals surface area contributed by atoms with Crippen molar-refractivity contribution in [2.45, 2.75) is 303 Å². The number of aliphatic hydroxyl groups is 1. The van der Waals surface area contributed by atoms with Crippen LogP contribution in [0, 0.1) is 0 Å². The van der Waals surface area contributed by atoms with Gasteiger partial charge in [0.05, 0.1) is 19.8 Å². The largest absolute Gasteiger partial charge is 0.472 e. The molecule has 3 atom stereocenters. The van der Waals surface area contributed by atoms with Gasteiger partial charge in [-0.1, -0.05) is 241 Å². The molecule has 3 unspecified atom stereocenters. The number of ether oxygens (including phenoxy) is 3. The number of phosphoric acid groups is 1. The minimum Gasteiger partial charge on any atom is -0.462 e. The number of rotatable bonds is 60. The van der Waals surface area contributed by atoms with E-state index in [9.17, 15) is 28.9 Å². The molecule has 0 amide bonds. The van der Waals surface area contributed by atoms with E-state index in [4.69, 9.17) is 23.3 Å². The Kier molecular flexibility index (Phi) is 59.1. The summed E-state index contributed by atoms with van der Waals surface area (Å²) >= 11 is 0. The molecular weight excluding hydrogens is 1020 g/mol. The number of phosphoric ester groups is 1. The summed E-state index contributed by atoms with van der Waals surface area (Å²) in [7, 11) is -4.77. The molecule has 0 aliphatic rings. The predicted molar refractivity (Wildman–Crippen MR) is 334 cm³/mol. The lowest BCUT2D eigenvalue weighted by molar-refractivity contribution is -0.161. The molecule has 12 heteroatoms. The van der Waals surface area contributed by atoms with Gasteiger partial charge in [0.1, 0.15) is 12.7 Å². The van der Waals surface area contributed by atoms with Crippen molar-refractivity contribution in [2.75, 3.05) is 26.4 Å². The van der Waals surface area contributed by atoms with Crippen LogP contribution < -0.4 is 0 Å². The van der Waals surface area contributed by atoms with Gasteiger partial charge < -0.3 is 24.2 Å². The summed E-state index contributed by atoms with van der Waals surface area (Å²) in [5, 5.41) is 9.86. The highest BCUT2D eigenvalue weighted by Gasteiger charge is 2.28. The number of carbonyl (C=O) groups is 3. The molecule has 0 saturated heterocycles. The number of unbranched alkanes of at least 4 members (excludes halogenated alkanes) is 29. The molecule has 11 nitrogen and oxygen atoms in total. The molecule has 0 heterocycles. The van der Waals surface area contributed by atoms with Crippen LogP contribution in [-0.4, -0.2) is 66.5 Å². The van der Waals surface area contributed by atoms with Gasteiger partial charge in [-0.05, 0) is 116 Å². The average molecular weight is 1140 g/mol. The zero-order valence-electron chi connectivity index (χ0n) is 51.3. The molecule has 0 aliphatic carbocycles. The lowest BCUT2D eigenvalue weighted by Gasteiger charge is -2.21. The highest BCUT2D eigenvalue weighted by Crippen LogP contribution is 2.43. The van der Waals surface area contributed by atoms with E-state index in [1.54, 1.807) is 0 Å². The zero-order valence-corrected chi connectivity index (χ0v) is 52.2. The van der Waals surface area contributed by atoms with Gasteiger partial charge in [0.2, 0.25) is 0 Å². The smallest absolute Gasteiger partial charge is 0.462 e. The van der Waals surface area contributed by atoms with Gasteiger partial charge in [-0.25, -0.2) is 4.57 Å². The summed E-state index contributed by atoms with van der Waals surface area (Å²) in [6.45, 7) is 4.49. The summed E-state index contributed by atoms with van der Waals surface area (Å²) in [6.07, 6.45) is 72.5. The topological polar surface area (TPSA) is 155 Å². The molecule has 0 spiro atoms. The van der Waals surface area contributed by atoms with E-state index in [1.807, 2.05) is 0 Å². The number of hydrogen-bond acceptors (Lipinski definition) is 10. The second kappa shape index (κ2) is 61.7. The monoisotopic (exact) mass is 1140 g/mol. The lowest BCUT2D eigenvalue weighted by Crippen LogP contribution is -2.30. The van der Waals surface area contributed by atoms with E-state index in [0.29, 0.717) is 19.3 Å². The zero-order chi connectivity index (χ0) is 58.3. The van der Waals surface area contributed by atoms with Crippen molar-refractivity contribution in [3.8, 4) is 0 Å². The van der Waals surface area contributed by atoms with Crippen LogP contribution in [0.25, 0.3) is 0 Å². The van der Waals surface area contributed by atoms with Gasteiger partial charge >= 0.3 is 25.7 Å². The van der Waals surface area contributed by atoms with Crippen molar-refractivity contribution in [3.05, 3.63) is 85.1 Å². The Bertz CT molecular complexity index is 1670. The Balaban J connectivity index is 4.71. The summed E-state index contributed by atoms with van der Waals surface area (Å²) in [5.74, 6) is -1.51. The van der Waals surface area contributed by atoms with Crippen LogP contribution in [0.15, 0.2) is 85.1 Å². The van der Waals surface area contributed by atoms with Gasteiger partial charge in [-0.2, -0.15) is 0 Å². The van der Waals surface area contributed by atoms with Crippen LogP contribution >= 0.6 is 7.82 Å². The molecule has 0 aromatic rings. The Morgan fingerprint density at radius 3 is 1.06 bits per heavy atom. The summed E-state index contributed by atoms with van der Waals surface area (Å²) in [4.78, 5) is 48.7. The number of hydrogen-bond donors (Lipinski definition) is 2. The fourth-order valence-electron chi connectivity index (χ4n) is 8.84. The molecule has 0 rings (SSSR count). The second-order valence-corrected chi connectivity index (χ2v) is 23.0. The number of carbonyl (C=O) groups excluding carboxylic acids is 3. The minimum absolute atomic E-state index is 0.151. The summed E-state index contributed by atoms with van der Waals surface area (Å²) < 4.78 is 39.7. The third kappa shape index (κ3) is 59.3. The fourth-order valence-corrected chi connectivity index (χ4v) is 9.63. The van der Waals surface area contributed by atoms with Crippen LogP contribution in [0.5, 0.6) is 0 Å². The fraction of sp³-hybridized carbons (Fsp3) is 0.750. The van der Waals surface area contributed by atoms with Crippen molar-refractivity contribution in [1.82, 2.24) is 0 Å². The van der Waals surface area contributed by atoms with Crippen LogP contribution in [0.3, 0.4) is 0 Å². The van der Waals surface area contributed by atoms with E-state index in [0.717, 1.165) is 89.9 Å². The number of allylic oxidation sites excluding steroid dienone is 14. The molecule has 80 heavy (non-hydrogen) atoms. The van der Waals surface area contributed by atoms with E-state index in [-0.39, 0.29) is 25.9 Å². The molecule has 0 aromatic heterocycles. The normalized spacial score (nSPS) is 13.8. The Morgan fingerprint density at radius 1 is 0.362 bits per heavy atom. The van der Waals surface area contributed by atoms with Crippen molar-refractivity contribution >= 4 is 25.7 Å². The molecule has 0 bridgehead atoms. The third-order valence-electron chi connectivity index (χ3n) is 13.8. The first-order chi connectivity index (χ1) is 39.2. The second-order valence-electron chi connectivity index (χ2n) is 21.5. The standard InChI is InChI=1S/C68H119O11P/c1-4-7-10-13-16-19-22-25-28-30-32-34-37-40-43-46-49-52-55-58-67(71)78-64(60-69)62-76-80(73,74)77-63-65(61-75-66(70)57-54-51-48-45-42-39-36-27-24-21-18-15-12-9-6-3)79-68(72)59-56-53-50-47-44-41-38-35-33-31-29-26-23-20-17-14-11-8-5-2/h9,12,17-18,20-21,25-29,36,42,45,64-65,69H,4-8,10-11,13-16,19,22-24,30-35,37-41,43-44,46-63H2,1-3H3,(H,73,74)/b12-9-,20-17-,21-18-,28-25-,29-26-,36-27-,45-42-.